The molecule has 0 amide bonds. The van der Waals surface area contributed by atoms with Crippen molar-refractivity contribution in [2.24, 2.45) is 0 Å². The van der Waals surface area contributed by atoms with Gasteiger partial charge in [0.2, 0.25) is 0 Å². The number of hydrogen-bond acceptors (Lipinski definition) is 6. The third-order valence-corrected chi connectivity index (χ3v) is 8.06. The van der Waals surface area contributed by atoms with Crippen molar-refractivity contribution in [2.45, 2.75) is 63.7 Å². The predicted octanol–water partition coefficient (Wildman–Crippen LogP) is 8.16. The van der Waals surface area contributed by atoms with Gasteiger partial charge in [0.15, 0.2) is 0 Å². The first-order chi connectivity index (χ1) is 21.3. The van der Waals surface area contributed by atoms with E-state index in [0.717, 1.165) is 48.6 Å². The number of hydrogen-bond donors (Lipinski definition) is 1. The van der Waals surface area contributed by atoms with Crippen LogP contribution in [0, 0.1) is 10.1 Å². The number of ether oxygens (including phenoxy) is 1. The highest BCUT2D eigenvalue weighted by Crippen LogP contribution is 2.38. The van der Waals surface area contributed by atoms with Gasteiger partial charge in [-0.2, -0.15) is 26.3 Å². The molecular weight excluding hydrogens is 602 g/mol. The van der Waals surface area contributed by atoms with Crippen LogP contribution in [0.1, 0.15) is 49.3 Å². The molecule has 7 nitrogen and oxygen atoms in total. The lowest BCUT2D eigenvalue weighted by molar-refractivity contribution is -0.388. The molecule has 2 aliphatic rings. The standard InChI is InChI=1S/C32H36F6N4O3/c1-3-26(41-17-15-40(16-18-41)21-22-5-7-23(8-6-22)31(33,34)35)20-27(4-2)45-28-12-9-24(10-13-28)39-25-11-14-30(42(43)44)29(19-25)32(36,37)38/h3-8,11,14,19-20,24,28,39H,1,9-10,12-13,15-18,21H2,2H3/b26-20+,27-4+. The minimum atomic E-state index is -4.84. The normalized spacial score (nSPS) is 20.6. The molecule has 244 valence electrons. The zero-order valence-electron chi connectivity index (χ0n) is 24.8. The van der Waals surface area contributed by atoms with Crippen LogP contribution in [0.25, 0.3) is 0 Å². The molecule has 0 unspecified atom stereocenters. The first-order valence-corrected chi connectivity index (χ1v) is 14.7. The van der Waals surface area contributed by atoms with Crippen molar-refractivity contribution in [3.8, 4) is 0 Å². The van der Waals surface area contributed by atoms with Crippen LogP contribution >= 0.6 is 0 Å². The largest absolute Gasteiger partial charge is 0.491 e. The van der Waals surface area contributed by atoms with Crippen LogP contribution in [0.2, 0.25) is 0 Å². The third kappa shape index (κ3) is 9.25. The Balaban J connectivity index is 1.27. The Bertz CT molecular complexity index is 1390. The number of rotatable bonds is 10. The van der Waals surface area contributed by atoms with Gasteiger partial charge in [-0.15, -0.1) is 0 Å². The molecule has 0 aromatic heterocycles. The minimum Gasteiger partial charge on any atom is -0.491 e. The number of alkyl halides is 6. The van der Waals surface area contributed by atoms with Crippen molar-refractivity contribution in [1.29, 1.82) is 0 Å². The fraction of sp³-hybridized carbons (Fsp3) is 0.438. The molecule has 2 aromatic carbocycles. The van der Waals surface area contributed by atoms with Crippen LogP contribution in [-0.2, 0) is 23.6 Å². The van der Waals surface area contributed by atoms with E-state index < -0.39 is 34.1 Å². The quantitative estimate of drug-likeness (QED) is 0.0931. The van der Waals surface area contributed by atoms with Crippen molar-refractivity contribution in [2.75, 3.05) is 31.5 Å². The van der Waals surface area contributed by atoms with E-state index in [4.69, 9.17) is 4.74 Å². The predicted molar refractivity (Wildman–Crippen MR) is 159 cm³/mol. The Morgan fingerprint density at radius 3 is 2.18 bits per heavy atom. The van der Waals surface area contributed by atoms with Gasteiger partial charge in [-0.1, -0.05) is 18.7 Å². The zero-order valence-corrected chi connectivity index (χ0v) is 24.8. The lowest BCUT2D eigenvalue weighted by Crippen LogP contribution is -2.45. The topological polar surface area (TPSA) is 70.9 Å². The fourth-order valence-corrected chi connectivity index (χ4v) is 5.60. The highest BCUT2D eigenvalue weighted by atomic mass is 19.4. The van der Waals surface area contributed by atoms with Gasteiger partial charge in [0.25, 0.3) is 5.69 Å². The molecule has 13 heteroatoms. The molecule has 1 N–H and O–H groups in total. The van der Waals surface area contributed by atoms with Crippen LogP contribution in [0.5, 0.6) is 0 Å². The van der Waals surface area contributed by atoms with Crippen molar-refractivity contribution in [3.05, 3.63) is 106 Å². The van der Waals surface area contributed by atoms with Crippen LogP contribution < -0.4 is 5.32 Å². The summed E-state index contributed by atoms with van der Waals surface area (Å²) < 4.78 is 84.9. The summed E-state index contributed by atoms with van der Waals surface area (Å²) in [4.78, 5) is 14.4. The molecule has 4 rings (SSSR count). The summed E-state index contributed by atoms with van der Waals surface area (Å²) in [6.07, 6.45) is -1.07. The summed E-state index contributed by atoms with van der Waals surface area (Å²) in [6.45, 7) is 9.28. The summed E-state index contributed by atoms with van der Waals surface area (Å²) in [5.41, 5.74) is -1.01. The molecule has 1 aliphatic carbocycles. The van der Waals surface area contributed by atoms with E-state index in [1.54, 1.807) is 6.08 Å². The van der Waals surface area contributed by atoms with E-state index in [9.17, 15) is 36.5 Å². The second-order valence-electron chi connectivity index (χ2n) is 11.1. The van der Waals surface area contributed by atoms with Gasteiger partial charge in [-0.25, -0.2) is 0 Å². The molecule has 45 heavy (non-hydrogen) atoms. The molecule has 1 saturated heterocycles. The molecule has 2 fully saturated rings. The van der Waals surface area contributed by atoms with Crippen LogP contribution in [-0.4, -0.2) is 53.0 Å². The van der Waals surface area contributed by atoms with Crippen LogP contribution in [0.15, 0.2) is 78.7 Å². The summed E-state index contributed by atoms with van der Waals surface area (Å²) >= 11 is 0. The monoisotopic (exact) mass is 638 g/mol. The Labute approximate surface area is 258 Å². The summed E-state index contributed by atoms with van der Waals surface area (Å²) in [7, 11) is 0. The molecular formula is C32H36F6N4O3. The van der Waals surface area contributed by atoms with Crippen molar-refractivity contribution in [3.63, 3.8) is 0 Å². The number of nitro benzene ring substituents is 1. The van der Waals surface area contributed by atoms with Crippen molar-refractivity contribution in [1.82, 2.24) is 9.80 Å². The fourth-order valence-electron chi connectivity index (χ4n) is 5.60. The Hall–Kier alpha value is -4.00. The Morgan fingerprint density at radius 1 is 1.00 bits per heavy atom. The first-order valence-electron chi connectivity index (χ1n) is 14.7. The lowest BCUT2D eigenvalue weighted by Gasteiger charge is -2.37. The van der Waals surface area contributed by atoms with Crippen LogP contribution in [0.3, 0.4) is 0 Å². The maximum atomic E-state index is 13.3. The summed E-state index contributed by atoms with van der Waals surface area (Å²) in [6, 6.07) is 8.11. The van der Waals surface area contributed by atoms with E-state index in [1.807, 2.05) is 19.1 Å². The van der Waals surface area contributed by atoms with Gasteiger partial charge in [0.05, 0.1) is 16.6 Å². The molecule has 0 radical (unpaired) electrons. The highest BCUT2D eigenvalue weighted by Gasteiger charge is 2.38. The molecule has 1 heterocycles. The lowest BCUT2D eigenvalue weighted by atomic mass is 9.92. The molecule has 0 spiro atoms. The maximum absolute atomic E-state index is 13.3. The third-order valence-electron chi connectivity index (χ3n) is 8.06. The number of nitro groups is 1. The number of nitrogens with one attached hydrogen (secondary N) is 1. The van der Waals surface area contributed by atoms with E-state index in [-0.39, 0.29) is 17.8 Å². The average Bonchev–Trinajstić information content (AvgIpc) is 3.00. The van der Waals surface area contributed by atoms with Crippen LogP contribution in [0.4, 0.5) is 37.7 Å². The minimum absolute atomic E-state index is 0.0836. The second kappa shape index (κ2) is 14.4. The van der Waals surface area contributed by atoms with Gasteiger partial charge in [-0.3, -0.25) is 15.0 Å². The number of anilines is 1. The average molecular weight is 639 g/mol. The van der Waals surface area contributed by atoms with E-state index in [2.05, 4.69) is 21.7 Å². The van der Waals surface area contributed by atoms with Gasteiger partial charge in [0, 0.05) is 62.3 Å². The Morgan fingerprint density at radius 2 is 1.64 bits per heavy atom. The Kier molecular flexibility index (Phi) is 10.8. The molecule has 0 bridgehead atoms. The molecule has 0 atom stereocenters. The number of halogens is 6. The molecule has 2 aromatic rings. The first kappa shape index (κ1) is 33.9. The summed E-state index contributed by atoms with van der Waals surface area (Å²) in [5, 5.41) is 14.1. The number of benzene rings is 2. The smallest absolute Gasteiger partial charge is 0.423 e. The SMILES string of the molecule is C=C/C(=C\C(=C/C)OC1CCC(Nc2ccc([N+](=O)[O-])c(C(F)(F)F)c2)CC1)N1CCN(Cc2ccc(C(F)(F)F)cc2)CC1. The maximum Gasteiger partial charge on any atom is 0.423 e. The van der Waals surface area contributed by atoms with Gasteiger partial charge in [-0.05, 0) is 74.6 Å². The number of piperazine rings is 1. The zero-order chi connectivity index (χ0) is 32.8. The molecule has 1 saturated carbocycles. The summed E-state index contributed by atoms with van der Waals surface area (Å²) in [5.74, 6) is 0.679. The van der Waals surface area contributed by atoms with Crippen molar-refractivity contribution >= 4 is 11.4 Å². The molecule has 1 aliphatic heterocycles. The van der Waals surface area contributed by atoms with Gasteiger partial charge in [0.1, 0.15) is 11.3 Å². The number of allylic oxidation sites excluding steroid dienone is 3. The van der Waals surface area contributed by atoms with E-state index >= 15 is 0 Å². The van der Waals surface area contributed by atoms with Gasteiger partial charge >= 0.3 is 12.4 Å². The number of nitrogens with zero attached hydrogens (tertiary/aromatic N) is 3. The van der Waals surface area contributed by atoms with Crippen molar-refractivity contribution < 1.29 is 36.0 Å². The van der Waals surface area contributed by atoms with E-state index in [0.29, 0.717) is 51.1 Å². The van der Waals surface area contributed by atoms with Gasteiger partial charge < -0.3 is 15.0 Å². The van der Waals surface area contributed by atoms with E-state index in [1.165, 1.54) is 18.2 Å². The second-order valence-corrected chi connectivity index (χ2v) is 11.1. The highest BCUT2D eigenvalue weighted by molar-refractivity contribution is 5.55.